The molecule has 0 unspecified atom stereocenters. The average molecular weight is 1000 g/mol. The van der Waals surface area contributed by atoms with Gasteiger partial charge in [0, 0.05) is 54.5 Å². The van der Waals surface area contributed by atoms with Gasteiger partial charge in [0.25, 0.3) is 5.91 Å². The molecule has 0 aliphatic rings. The number of hydrogen-bond donors (Lipinski definition) is 10. The van der Waals surface area contributed by atoms with Crippen molar-refractivity contribution in [3.05, 3.63) is 132 Å². The summed E-state index contributed by atoms with van der Waals surface area (Å²) >= 11 is 1.35. The number of thioether (sulfide) groups is 1. The molecule has 0 spiro atoms. The molecular weight excluding hydrogens is 949 g/mol. The molecule has 5 atom stereocenters. The summed E-state index contributed by atoms with van der Waals surface area (Å²) in [7, 11) is -4.76. The maximum Gasteiger partial charge on any atom is 0.446 e. The summed E-state index contributed by atoms with van der Waals surface area (Å²) in [6, 6.07) is 20.3. The maximum atomic E-state index is 14.3. The molecule has 21 nitrogen and oxygen atoms in total. The number of amides is 7. The SMILES string of the molecule is CSCC[C@H](NC(=O)[C@H](Cc1c[nH]c2ccccc12)NC(=O)c1ccc(NC(=O)[C@H](Cc2ccc(OS(=O)(=O)O)cc2)NC(C)=O)cc1)C(=O)N[C@@H](CC(=O)O)C(=O)N[C@@H](Cc1ccccc1)C(N)=O. The van der Waals surface area contributed by atoms with Gasteiger partial charge in [0.05, 0.1) is 6.42 Å². The van der Waals surface area contributed by atoms with E-state index in [9.17, 15) is 51.9 Å². The minimum atomic E-state index is -4.76. The van der Waals surface area contributed by atoms with Crippen molar-refractivity contribution in [1.82, 2.24) is 31.6 Å². The van der Waals surface area contributed by atoms with Crippen molar-refractivity contribution in [2.75, 3.05) is 17.3 Å². The van der Waals surface area contributed by atoms with Crippen LogP contribution in [-0.4, -0.2) is 113 Å². The predicted octanol–water partition coefficient (Wildman–Crippen LogP) is 1.79. The summed E-state index contributed by atoms with van der Waals surface area (Å²) in [4.78, 5) is 108. The normalized spacial score (nSPS) is 13.3. The number of nitrogens with one attached hydrogen (secondary N) is 7. The van der Waals surface area contributed by atoms with Gasteiger partial charge in [0.15, 0.2) is 0 Å². The van der Waals surface area contributed by atoms with Gasteiger partial charge in [-0.1, -0.05) is 60.7 Å². The van der Waals surface area contributed by atoms with Crippen LogP contribution in [0.15, 0.2) is 109 Å². The van der Waals surface area contributed by atoms with Crippen LogP contribution in [-0.2, 0) is 63.2 Å². The highest BCUT2D eigenvalue weighted by Crippen LogP contribution is 2.21. The second-order valence-electron chi connectivity index (χ2n) is 15.9. The van der Waals surface area contributed by atoms with E-state index in [0.717, 1.165) is 10.9 Å². The first-order valence-electron chi connectivity index (χ1n) is 21.5. The van der Waals surface area contributed by atoms with Gasteiger partial charge >= 0.3 is 16.4 Å². The van der Waals surface area contributed by atoms with E-state index < -0.39 is 94.3 Å². The van der Waals surface area contributed by atoms with Gasteiger partial charge in [-0.15, -0.1) is 0 Å². The number of primary amides is 1. The molecule has 5 aromatic rings. The smallest absolute Gasteiger partial charge is 0.446 e. The van der Waals surface area contributed by atoms with E-state index >= 15 is 0 Å². The zero-order chi connectivity index (χ0) is 51.0. The molecule has 0 aliphatic heterocycles. The van der Waals surface area contributed by atoms with Crippen LogP contribution in [0, 0.1) is 0 Å². The molecule has 1 heterocycles. The molecule has 0 bridgehead atoms. The highest BCUT2D eigenvalue weighted by Gasteiger charge is 2.33. The molecular formula is C47H52N8O13S2. The van der Waals surface area contributed by atoms with E-state index in [1.54, 1.807) is 48.9 Å². The van der Waals surface area contributed by atoms with Crippen LogP contribution < -0.4 is 41.8 Å². The van der Waals surface area contributed by atoms with Gasteiger partial charge in [-0.05, 0) is 77.6 Å². The fourth-order valence-corrected chi connectivity index (χ4v) is 8.00. The van der Waals surface area contributed by atoms with Gasteiger partial charge in [0.2, 0.25) is 35.4 Å². The van der Waals surface area contributed by atoms with Crippen molar-refractivity contribution < 1.29 is 60.6 Å². The summed E-state index contributed by atoms with van der Waals surface area (Å²) in [6.07, 6.45) is 2.51. The van der Waals surface area contributed by atoms with Crippen LogP contribution in [0.25, 0.3) is 10.9 Å². The number of benzene rings is 4. The van der Waals surface area contributed by atoms with Crippen molar-refractivity contribution in [3.8, 4) is 5.75 Å². The molecule has 0 radical (unpaired) electrons. The quantitative estimate of drug-likeness (QED) is 0.0373. The van der Waals surface area contributed by atoms with Gasteiger partial charge in [-0.3, -0.25) is 42.9 Å². The van der Waals surface area contributed by atoms with Crippen molar-refractivity contribution in [2.24, 2.45) is 5.73 Å². The Morgan fingerprint density at radius 1 is 0.671 bits per heavy atom. The zero-order valence-corrected chi connectivity index (χ0v) is 39.4. The third-order valence-corrected chi connectivity index (χ3v) is 11.6. The summed E-state index contributed by atoms with van der Waals surface area (Å²) < 4.78 is 35.4. The Hall–Kier alpha value is -7.76. The fraction of sp³-hybridized carbons (Fsp3) is 0.277. The minimum absolute atomic E-state index is 0.00567. The predicted molar refractivity (Wildman–Crippen MR) is 259 cm³/mol. The first kappa shape index (κ1) is 53.2. The van der Waals surface area contributed by atoms with Crippen LogP contribution in [0.2, 0.25) is 0 Å². The van der Waals surface area contributed by atoms with Gasteiger partial charge in [-0.25, -0.2) is 0 Å². The molecule has 0 aliphatic carbocycles. The molecule has 0 saturated heterocycles. The van der Waals surface area contributed by atoms with Crippen molar-refractivity contribution >= 4 is 86.1 Å². The molecule has 23 heteroatoms. The first-order valence-corrected chi connectivity index (χ1v) is 24.3. The van der Waals surface area contributed by atoms with E-state index in [4.69, 9.17) is 10.3 Å². The number of para-hydroxylation sites is 1. The molecule has 370 valence electrons. The van der Waals surface area contributed by atoms with Crippen molar-refractivity contribution in [3.63, 3.8) is 0 Å². The number of rotatable bonds is 25. The number of carbonyl (C=O) groups excluding carboxylic acids is 7. The summed E-state index contributed by atoms with van der Waals surface area (Å²) in [5, 5.41) is 26.0. The summed E-state index contributed by atoms with van der Waals surface area (Å²) in [5.41, 5.74) is 8.45. The number of nitrogens with two attached hydrogens (primary N) is 1. The highest BCUT2D eigenvalue weighted by atomic mass is 32.3. The maximum absolute atomic E-state index is 14.3. The third kappa shape index (κ3) is 16.5. The van der Waals surface area contributed by atoms with Crippen molar-refractivity contribution in [2.45, 2.75) is 69.2 Å². The lowest BCUT2D eigenvalue weighted by Gasteiger charge is -2.26. The van der Waals surface area contributed by atoms with E-state index in [2.05, 4.69) is 41.1 Å². The second kappa shape index (κ2) is 25.0. The Morgan fingerprint density at radius 2 is 1.24 bits per heavy atom. The van der Waals surface area contributed by atoms with Gasteiger partial charge in [-0.2, -0.15) is 20.2 Å². The Labute approximate surface area is 406 Å². The first-order chi connectivity index (χ1) is 33.3. The van der Waals surface area contributed by atoms with Crippen LogP contribution in [0.1, 0.15) is 46.8 Å². The molecule has 0 saturated carbocycles. The lowest BCUT2D eigenvalue weighted by molar-refractivity contribution is -0.141. The molecule has 5 rings (SSSR count). The zero-order valence-electron chi connectivity index (χ0n) is 37.8. The van der Waals surface area contributed by atoms with Crippen LogP contribution in [0.4, 0.5) is 5.69 Å². The highest BCUT2D eigenvalue weighted by molar-refractivity contribution is 7.98. The Balaban J connectivity index is 1.32. The number of carboxylic acids is 1. The largest absolute Gasteiger partial charge is 0.481 e. The second-order valence-corrected chi connectivity index (χ2v) is 17.9. The van der Waals surface area contributed by atoms with Gasteiger partial charge < -0.3 is 51.9 Å². The third-order valence-electron chi connectivity index (χ3n) is 10.6. The monoisotopic (exact) mass is 1000 g/mol. The number of aromatic amines is 1. The summed E-state index contributed by atoms with van der Waals surface area (Å²) in [6.45, 7) is 1.22. The van der Waals surface area contributed by atoms with Crippen molar-refractivity contribution in [1.29, 1.82) is 0 Å². The van der Waals surface area contributed by atoms with E-state index in [1.807, 2.05) is 18.2 Å². The summed E-state index contributed by atoms with van der Waals surface area (Å²) in [5.74, 6) is -6.70. The number of hydrogen-bond acceptors (Lipinski definition) is 12. The standard InChI is InChI=1S/C47H52N8O13S2/c1-27(56)50-38(23-29-12-18-33(19-13-29)68-70(65,66)67)45(62)51-32-16-14-30(15-17-32)43(60)54-39(24-31-26-49-35-11-7-6-10-34(31)35)46(63)52-36(20-21-69-2)44(61)55-40(25-41(57)58)47(64)53-37(42(48)59)22-28-8-4-3-5-9-28/h3-19,26,36-40,49H,20-25H2,1-2H3,(H2,48,59)(H,50,56)(H,51,62)(H,52,63)(H,53,64)(H,54,60)(H,55,61)(H,57,58)(H,65,66,67)/t36-,37-,38-,39-,40-/m0/s1. The lowest BCUT2D eigenvalue weighted by Crippen LogP contribution is -2.59. The Bertz CT molecular complexity index is 2790. The number of H-pyrrole nitrogens is 1. The van der Waals surface area contributed by atoms with Crippen LogP contribution >= 0.6 is 11.8 Å². The lowest BCUT2D eigenvalue weighted by atomic mass is 10.0. The van der Waals surface area contributed by atoms with E-state index in [0.29, 0.717) is 22.4 Å². The number of aromatic nitrogens is 1. The molecule has 0 fully saturated rings. The molecule has 1 aromatic heterocycles. The molecule has 7 amide bonds. The number of aliphatic carboxylic acids is 1. The van der Waals surface area contributed by atoms with Gasteiger partial charge in [0.1, 0.15) is 36.0 Å². The molecule has 4 aromatic carbocycles. The molecule has 70 heavy (non-hydrogen) atoms. The minimum Gasteiger partial charge on any atom is -0.481 e. The number of anilines is 1. The van der Waals surface area contributed by atoms with E-state index in [1.165, 1.54) is 67.2 Å². The average Bonchev–Trinajstić information content (AvgIpc) is 3.72. The van der Waals surface area contributed by atoms with Crippen LogP contribution in [0.3, 0.4) is 0 Å². The molecule has 11 N–H and O–H groups in total. The Morgan fingerprint density at radius 3 is 1.87 bits per heavy atom. The number of carboxylic acid groups (broad SMARTS) is 1. The fourth-order valence-electron chi connectivity index (χ4n) is 7.18. The van der Waals surface area contributed by atoms with Crippen LogP contribution in [0.5, 0.6) is 5.75 Å². The topological polar surface area (TPSA) is 334 Å². The Kier molecular flexibility index (Phi) is 19.0. The number of fused-ring (bicyclic) bond motifs is 1. The number of carbonyl (C=O) groups is 8. The van der Waals surface area contributed by atoms with E-state index in [-0.39, 0.29) is 42.7 Å².